The molecule has 2 rings (SSSR count). The molecule has 0 saturated carbocycles. The molecule has 0 aliphatic carbocycles. The zero-order valence-electron chi connectivity index (χ0n) is 9.93. The molecule has 0 unspecified atom stereocenters. The highest BCUT2D eigenvalue weighted by atomic mass is 79.9. The highest BCUT2D eigenvalue weighted by Gasteiger charge is 2.20. The number of thioether (sulfide) groups is 1. The molecule has 1 aromatic rings. The van der Waals surface area contributed by atoms with Gasteiger partial charge in [0, 0.05) is 11.0 Å². The van der Waals surface area contributed by atoms with E-state index in [1.807, 2.05) is 17.8 Å². The zero-order valence-corrected chi connectivity index (χ0v) is 13.2. The van der Waals surface area contributed by atoms with Crippen molar-refractivity contribution in [1.29, 1.82) is 0 Å². The topological polar surface area (TPSA) is 46.2 Å². The molecule has 0 bridgehead atoms. The van der Waals surface area contributed by atoms with Gasteiger partial charge < -0.3 is 0 Å². The lowest BCUT2D eigenvalue weighted by atomic mass is 10.0. The van der Waals surface area contributed by atoms with E-state index in [1.165, 1.54) is 0 Å². The van der Waals surface area contributed by atoms with Crippen LogP contribution < -0.4 is 4.72 Å². The molecule has 1 saturated heterocycles. The molecule has 0 amide bonds. The van der Waals surface area contributed by atoms with E-state index in [1.54, 1.807) is 18.2 Å². The first-order valence-corrected chi connectivity index (χ1v) is 9.34. The van der Waals surface area contributed by atoms with E-state index in [4.69, 9.17) is 0 Å². The number of halogens is 1. The number of sulfonamides is 1. The van der Waals surface area contributed by atoms with E-state index >= 15 is 0 Å². The number of hydrogen-bond donors (Lipinski definition) is 1. The van der Waals surface area contributed by atoms with Crippen LogP contribution in [0.4, 0.5) is 0 Å². The van der Waals surface area contributed by atoms with E-state index < -0.39 is 10.0 Å². The highest BCUT2D eigenvalue weighted by Crippen LogP contribution is 2.24. The quantitative estimate of drug-likeness (QED) is 0.908. The van der Waals surface area contributed by atoms with Crippen molar-refractivity contribution in [2.75, 3.05) is 18.1 Å². The summed E-state index contributed by atoms with van der Waals surface area (Å²) < 4.78 is 27.6. The van der Waals surface area contributed by atoms with Gasteiger partial charge in [-0.2, -0.15) is 11.8 Å². The van der Waals surface area contributed by atoms with Crippen molar-refractivity contribution >= 4 is 37.7 Å². The second-order valence-electron chi connectivity index (χ2n) is 4.34. The SMILES string of the molecule is O=S(=O)(NCC1CCSCC1)c1ccccc1Br. The van der Waals surface area contributed by atoms with Gasteiger partial charge in [0.15, 0.2) is 0 Å². The summed E-state index contributed by atoms with van der Waals surface area (Å²) in [7, 11) is -3.39. The molecule has 0 radical (unpaired) electrons. The van der Waals surface area contributed by atoms with Crippen LogP contribution in [0.2, 0.25) is 0 Å². The first kappa shape index (κ1) is 14.4. The summed E-state index contributed by atoms with van der Waals surface area (Å²) in [4.78, 5) is 0.315. The second kappa shape index (κ2) is 6.41. The van der Waals surface area contributed by atoms with Crippen LogP contribution in [0.5, 0.6) is 0 Å². The van der Waals surface area contributed by atoms with Crippen molar-refractivity contribution in [1.82, 2.24) is 4.72 Å². The van der Waals surface area contributed by atoms with Gasteiger partial charge in [-0.15, -0.1) is 0 Å². The normalized spacial score (nSPS) is 17.8. The standard InChI is InChI=1S/C12H16BrNO2S2/c13-11-3-1-2-4-12(11)18(15,16)14-9-10-5-7-17-8-6-10/h1-4,10,14H,5-9H2. The molecule has 0 atom stereocenters. The molecule has 1 aliphatic heterocycles. The minimum absolute atomic E-state index is 0.315. The van der Waals surface area contributed by atoms with Gasteiger partial charge in [0.1, 0.15) is 0 Å². The maximum Gasteiger partial charge on any atom is 0.241 e. The van der Waals surface area contributed by atoms with Gasteiger partial charge in [-0.3, -0.25) is 0 Å². The first-order valence-electron chi connectivity index (χ1n) is 5.91. The second-order valence-corrected chi connectivity index (χ2v) is 8.15. The molecule has 18 heavy (non-hydrogen) atoms. The van der Waals surface area contributed by atoms with Gasteiger partial charge in [-0.1, -0.05) is 12.1 Å². The molecule has 1 aromatic carbocycles. The van der Waals surface area contributed by atoms with Crippen LogP contribution in [-0.2, 0) is 10.0 Å². The lowest BCUT2D eigenvalue weighted by Crippen LogP contribution is -2.31. The molecule has 1 fully saturated rings. The van der Waals surface area contributed by atoms with Crippen molar-refractivity contribution in [3.05, 3.63) is 28.7 Å². The summed E-state index contributed by atoms with van der Waals surface area (Å²) >= 11 is 5.22. The fraction of sp³-hybridized carbons (Fsp3) is 0.500. The Kier molecular flexibility index (Phi) is 5.12. The van der Waals surface area contributed by atoms with Crippen molar-refractivity contribution in [3.8, 4) is 0 Å². The van der Waals surface area contributed by atoms with Gasteiger partial charge in [-0.05, 0) is 58.3 Å². The third-order valence-corrected chi connectivity index (χ3v) is 6.51. The van der Waals surface area contributed by atoms with E-state index in [0.29, 0.717) is 21.8 Å². The van der Waals surface area contributed by atoms with Crippen LogP contribution in [-0.4, -0.2) is 26.5 Å². The fourth-order valence-electron chi connectivity index (χ4n) is 1.92. The summed E-state index contributed by atoms with van der Waals surface area (Å²) in [6.07, 6.45) is 2.20. The summed E-state index contributed by atoms with van der Waals surface area (Å²) in [5.74, 6) is 2.76. The first-order chi connectivity index (χ1) is 8.59. The fourth-order valence-corrected chi connectivity index (χ4v) is 5.24. The Morgan fingerprint density at radius 1 is 1.28 bits per heavy atom. The Morgan fingerprint density at radius 3 is 2.61 bits per heavy atom. The van der Waals surface area contributed by atoms with Crippen LogP contribution in [0.3, 0.4) is 0 Å². The van der Waals surface area contributed by atoms with Crippen molar-refractivity contribution in [2.24, 2.45) is 5.92 Å². The molecular weight excluding hydrogens is 334 g/mol. The monoisotopic (exact) mass is 349 g/mol. The van der Waals surface area contributed by atoms with Crippen molar-refractivity contribution in [3.63, 3.8) is 0 Å². The third kappa shape index (κ3) is 3.73. The summed E-state index contributed by atoms with van der Waals surface area (Å²) in [5, 5.41) is 0. The molecule has 0 aromatic heterocycles. The summed E-state index contributed by atoms with van der Waals surface area (Å²) in [6, 6.07) is 6.90. The number of benzene rings is 1. The molecule has 1 heterocycles. The zero-order chi connectivity index (χ0) is 13.0. The molecule has 100 valence electrons. The van der Waals surface area contributed by atoms with E-state index in [-0.39, 0.29) is 0 Å². The highest BCUT2D eigenvalue weighted by molar-refractivity contribution is 9.10. The van der Waals surface area contributed by atoms with Crippen LogP contribution in [0.25, 0.3) is 0 Å². The molecule has 3 nitrogen and oxygen atoms in total. The van der Waals surface area contributed by atoms with Gasteiger partial charge in [-0.25, -0.2) is 13.1 Å². The predicted molar refractivity (Wildman–Crippen MR) is 79.4 cm³/mol. The minimum atomic E-state index is -3.39. The molecular formula is C12H16BrNO2S2. The average molecular weight is 350 g/mol. The van der Waals surface area contributed by atoms with Crippen molar-refractivity contribution < 1.29 is 8.42 Å². The Morgan fingerprint density at radius 2 is 1.94 bits per heavy atom. The Hall–Kier alpha value is -0.0400. The lowest BCUT2D eigenvalue weighted by Gasteiger charge is -2.21. The average Bonchev–Trinajstić information content (AvgIpc) is 2.38. The summed E-state index contributed by atoms with van der Waals surface area (Å²) in [6.45, 7) is 0.546. The third-order valence-electron chi connectivity index (χ3n) is 3.03. The number of rotatable bonds is 4. The Bertz CT molecular complexity index is 499. The van der Waals surface area contributed by atoms with Crippen LogP contribution in [0, 0.1) is 5.92 Å². The van der Waals surface area contributed by atoms with E-state index in [0.717, 1.165) is 24.3 Å². The van der Waals surface area contributed by atoms with Gasteiger partial charge >= 0.3 is 0 Å². The van der Waals surface area contributed by atoms with E-state index in [2.05, 4.69) is 20.7 Å². The number of hydrogen-bond acceptors (Lipinski definition) is 3. The maximum absolute atomic E-state index is 12.1. The molecule has 1 aliphatic rings. The predicted octanol–water partition coefficient (Wildman–Crippen LogP) is 2.87. The number of nitrogens with one attached hydrogen (secondary N) is 1. The summed E-state index contributed by atoms with van der Waals surface area (Å²) in [5.41, 5.74) is 0. The largest absolute Gasteiger partial charge is 0.241 e. The maximum atomic E-state index is 12.1. The smallest absolute Gasteiger partial charge is 0.211 e. The van der Waals surface area contributed by atoms with Crippen LogP contribution >= 0.6 is 27.7 Å². The molecule has 1 N–H and O–H groups in total. The van der Waals surface area contributed by atoms with Gasteiger partial charge in [0.25, 0.3) is 0 Å². The van der Waals surface area contributed by atoms with Crippen LogP contribution in [0.15, 0.2) is 33.6 Å². The lowest BCUT2D eigenvalue weighted by molar-refractivity contribution is 0.476. The molecule has 0 spiro atoms. The molecule has 6 heteroatoms. The van der Waals surface area contributed by atoms with E-state index in [9.17, 15) is 8.42 Å². The minimum Gasteiger partial charge on any atom is -0.211 e. The Balaban J connectivity index is 2.01. The van der Waals surface area contributed by atoms with Gasteiger partial charge in [0.2, 0.25) is 10.0 Å². The Labute approximate surface area is 121 Å². The van der Waals surface area contributed by atoms with Gasteiger partial charge in [0.05, 0.1) is 4.90 Å². The van der Waals surface area contributed by atoms with Crippen LogP contribution in [0.1, 0.15) is 12.8 Å². The van der Waals surface area contributed by atoms with Crippen molar-refractivity contribution in [2.45, 2.75) is 17.7 Å².